The van der Waals surface area contributed by atoms with Crippen molar-refractivity contribution in [3.05, 3.63) is 72.1 Å². The van der Waals surface area contributed by atoms with Gasteiger partial charge in [-0.3, -0.25) is 19.8 Å². The molecule has 8 heteroatoms. The maximum absolute atomic E-state index is 13.1. The Labute approximate surface area is 191 Å². The summed E-state index contributed by atoms with van der Waals surface area (Å²) in [5, 5.41) is 10.5. The van der Waals surface area contributed by atoms with E-state index in [1.54, 1.807) is 0 Å². The number of anilines is 1. The van der Waals surface area contributed by atoms with Crippen molar-refractivity contribution < 1.29 is 9.18 Å². The second-order valence-corrected chi connectivity index (χ2v) is 8.42. The molecule has 4 aromatic rings. The van der Waals surface area contributed by atoms with Crippen LogP contribution in [0.2, 0.25) is 0 Å². The highest BCUT2D eigenvalue weighted by Crippen LogP contribution is 2.26. The van der Waals surface area contributed by atoms with Crippen molar-refractivity contribution in [1.82, 2.24) is 25.1 Å². The van der Waals surface area contributed by atoms with E-state index >= 15 is 0 Å². The van der Waals surface area contributed by atoms with Crippen molar-refractivity contribution in [2.45, 2.75) is 32.2 Å². The number of H-pyrrole nitrogens is 1. The van der Waals surface area contributed by atoms with Gasteiger partial charge >= 0.3 is 0 Å². The summed E-state index contributed by atoms with van der Waals surface area (Å²) in [4.78, 5) is 23.6. The van der Waals surface area contributed by atoms with Crippen LogP contribution in [0.15, 0.2) is 55.0 Å². The summed E-state index contributed by atoms with van der Waals surface area (Å²) < 4.78 is 13.1. The van der Waals surface area contributed by atoms with Gasteiger partial charge in [-0.05, 0) is 67.4 Å². The van der Waals surface area contributed by atoms with Gasteiger partial charge in [0.1, 0.15) is 11.6 Å². The highest BCUT2D eigenvalue weighted by Gasteiger charge is 2.16. The molecule has 1 fully saturated rings. The van der Waals surface area contributed by atoms with Gasteiger partial charge in [0.05, 0.1) is 11.7 Å². The fraction of sp³-hybridized carbons (Fsp3) is 0.280. The number of carbonyl (C=O) groups is 1. The van der Waals surface area contributed by atoms with Crippen LogP contribution in [-0.2, 0) is 6.54 Å². The first kappa shape index (κ1) is 21.2. The van der Waals surface area contributed by atoms with Crippen molar-refractivity contribution in [3.8, 4) is 11.1 Å². The van der Waals surface area contributed by atoms with Crippen LogP contribution in [0.4, 0.5) is 10.2 Å². The summed E-state index contributed by atoms with van der Waals surface area (Å²) in [6.45, 7) is 3.16. The summed E-state index contributed by atoms with van der Waals surface area (Å²) in [6.07, 6.45) is 9.96. The third kappa shape index (κ3) is 4.90. The van der Waals surface area contributed by atoms with Crippen molar-refractivity contribution >= 4 is 22.6 Å². The molecule has 0 spiro atoms. The summed E-state index contributed by atoms with van der Waals surface area (Å²) in [7, 11) is 0. The third-order valence-electron chi connectivity index (χ3n) is 5.98. The average Bonchev–Trinajstić information content (AvgIpc) is 3.09. The lowest BCUT2D eigenvalue weighted by atomic mass is 10.0. The smallest absolute Gasteiger partial charge is 0.277 e. The Kier molecular flexibility index (Phi) is 6.08. The molecule has 1 amide bonds. The van der Waals surface area contributed by atoms with Crippen LogP contribution in [0.1, 0.15) is 41.7 Å². The summed E-state index contributed by atoms with van der Waals surface area (Å²) >= 11 is 0. The molecule has 168 valence electrons. The number of benzene rings is 1. The maximum atomic E-state index is 13.1. The number of hydrogen-bond donors (Lipinski definition) is 2. The lowest BCUT2D eigenvalue weighted by Gasteiger charge is -2.19. The number of rotatable bonds is 5. The van der Waals surface area contributed by atoms with E-state index in [2.05, 4.69) is 36.4 Å². The first-order chi connectivity index (χ1) is 16.2. The first-order valence-electron chi connectivity index (χ1n) is 11.2. The van der Waals surface area contributed by atoms with E-state index in [9.17, 15) is 9.18 Å². The number of carbonyl (C=O) groups excluding carboxylic acids is 1. The largest absolute Gasteiger partial charge is 0.305 e. The van der Waals surface area contributed by atoms with Gasteiger partial charge < -0.3 is 5.32 Å². The summed E-state index contributed by atoms with van der Waals surface area (Å²) in [6, 6.07) is 10.7. The summed E-state index contributed by atoms with van der Waals surface area (Å²) in [5.74, 6) is -0.612. The number of nitrogens with one attached hydrogen (secondary N) is 2. The quantitative estimate of drug-likeness (QED) is 0.462. The van der Waals surface area contributed by atoms with Gasteiger partial charge in [-0.15, -0.1) is 0 Å². The van der Waals surface area contributed by atoms with E-state index in [-0.39, 0.29) is 11.5 Å². The van der Waals surface area contributed by atoms with Crippen LogP contribution in [-0.4, -0.2) is 44.1 Å². The van der Waals surface area contributed by atoms with Gasteiger partial charge in [0.2, 0.25) is 0 Å². The maximum Gasteiger partial charge on any atom is 0.277 e. The Bertz CT molecular complexity index is 1260. The van der Waals surface area contributed by atoms with Gasteiger partial charge in [-0.2, -0.15) is 5.10 Å². The zero-order chi connectivity index (χ0) is 22.6. The Hall–Kier alpha value is -3.65. The molecule has 1 aliphatic rings. The normalized spacial score (nSPS) is 14.8. The third-order valence-corrected chi connectivity index (χ3v) is 5.98. The molecule has 5 rings (SSSR count). The van der Waals surface area contributed by atoms with Crippen molar-refractivity contribution in [2.24, 2.45) is 0 Å². The molecule has 0 bridgehead atoms. The van der Waals surface area contributed by atoms with Gasteiger partial charge in [0.15, 0.2) is 5.69 Å². The molecule has 1 aliphatic heterocycles. The molecule has 0 atom stereocenters. The standard InChI is InChI=1S/C25H25FN6O/c26-20-6-8-23(28-15-20)29-25(33)24-21-12-18(5-7-22(21)30-31-24)19-11-17(13-27-14-19)16-32-9-3-1-2-4-10-32/h5-8,11-15H,1-4,9-10,16H2,(H,30,31)(H,28,29,33). The van der Waals surface area contributed by atoms with Gasteiger partial charge in [0.25, 0.3) is 5.91 Å². The number of hydrogen-bond acceptors (Lipinski definition) is 5. The molecule has 1 saturated heterocycles. The van der Waals surface area contributed by atoms with E-state index in [1.807, 2.05) is 30.6 Å². The molecule has 4 heterocycles. The molecular weight excluding hydrogens is 419 g/mol. The number of nitrogens with zero attached hydrogens (tertiary/aromatic N) is 4. The number of aromatic amines is 1. The van der Waals surface area contributed by atoms with Crippen LogP contribution in [0.25, 0.3) is 22.0 Å². The topological polar surface area (TPSA) is 86.8 Å². The SMILES string of the molecule is O=C(Nc1ccc(F)cn1)c1n[nH]c2ccc(-c3cncc(CN4CCCCCC4)c3)cc12. The molecule has 2 N–H and O–H groups in total. The molecule has 0 radical (unpaired) electrons. The number of likely N-dealkylation sites (tertiary alicyclic amines) is 1. The van der Waals surface area contributed by atoms with Crippen LogP contribution in [0.5, 0.6) is 0 Å². The van der Waals surface area contributed by atoms with Gasteiger partial charge in [-0.1, -0.05) is 18.9 Å². The van der Waals surface area contributed by atoms with E-state index < -0.39 is 11.7 Å². The van der Waals surface area contributed by atoms with Crippen LogP contribution >= 0.6 is 0 Å². The first-order valence-corrected chi connectivity index (χ1v) is 11.2. The molecule has 0 saturated carbocycles. The molecule has 33 heavy (non-hydrogen) atoms. The Balaban J connectivity index is 1.39. The zero-order valence-electron chi connectivity index (χ0n) is 18.2. The minimum atomic E-state index is -0.463. The molecule has 1 aromatic carbocycles. The minimum absolute atomic E-state index is 0.256. The number of amides is 1. The Morgan fingerprint density at radius 3 is 2.64 bits per heavy atom. The average molecular weight is 445 g/mol. The summed E-state index contributed by atoms with van der Waals surface area (Å²) in [5.41, 5.74) is 4.15. The minimum Gasteiger partial charge on any atom is -0.305 e. The lowest BCUT2D eigenvalue weighted by Crippen LogP contribution is -2.24. The second kappa shape index (κ2) is 9.46. The molecule has 7 nitrogen and oxygen atoms in total. The molecule has 3 aromatic heterocycles. The fourth-order valence-electron chi connectivity index (χ4n) is 4.28. The predicted molar refractivity (Wildman–Crippen MR) is 125 cm³/mol. The van der Waals surface area contributed by atoms with Crippen LogP contribution in [0, 0.1) is 5.82 Å². The van der Waals surface area contributed by atoms with Crippen molar-refractivity contribution in [1.29, 1.82) is 0 Å². The van der Waals surface area contributed by atoms with Crippen LogP contribution < -0.4 is 5.32 Å². The van der Waals surface area contributed by atoms with E-state index in [4.69, 9.17) is 0 Å². The van der Waals surface area contributed by atoms with Crippen molar-refractivity contribution in [2.75, 3.05) is 18.4 Å². The fourth-order valence-corrected chi connectivity index (χ4v) is 4.28. The predicted octanol–water partition coefficient (Wildman–Crippen LogP) is 4.79. The molecular formula is C25H25FN6O. The lowest BCUT2D eigenvalue weighted by molar-refractivity contribution is 0.102. The number of fused-ring (bicyclic) bond motifs is 1. The monoisotopic (exact) mass is 444 g/mol. The Morgan fingerprint density at radius 2 is 1.85 bits per heavy atom. The number of aromatic nitrogens is 4. The van der Waals surface area contributed by atoms with Gasteiger partial charge in [0, 0.05) is 29.9 Å². The second-order valence-electron chi connectivity index (χ2n) is 8.42. The zero-order valence-corrected chi connectivity index (χ0v) is 18.2. The van der Waals surface area contributed by atoms with Crippen LogP contribution in [0.3, 0.4) is 0 Å². The number of halogens is 1. The highest BCUT2D eigenvalue weighted by molar-refractivity contribution is 6.11. The number of pyridine rings is 2. The van der Waals surface area contributed by atoms with Gasteiger partial charge in [-0.25, -0.2) is 9.37 Å². The van der Waals surface area contributed by atoms with E-state index in [1.165, 1.54) is 43.4 Å². The highest BCUT2D eigenvalue weighted by atomic mass is 19.1. The molecule has 0 unspecified atom stereocenters. The van der Waals surface area contributed by atoms with Crippen molar-refractivity contribution in [3.63, 3.8) is 0 Å². The molecule has 0 aliphatic carbocycles. The van der Waals surface area contributed by atoms with E-state index in [0.29, 0.717) is 5.39 Å². The Morgan fingerprint density at radius 1 is 1.00 bits per heavy atom. The van der Waals surface area contributed by atoms with E-state index in [0.717, 1.165) is 42.5 Å².